The van der Waals surface area contributed by atoms with E-state index in [1.165, 1.54) is 42.1 Å². The average Bonchev–Trinajstić information content (AvgIpc) is 2.91. The molecule has 0 saturated carbocycles. The first-order valence-corrected chi connectivity index (χ1v) is 7.77. The van der Waals surface area contributed by atoms with Gasteiger partial charge in [0.2, 0.25) is 10.0 Å². The summed E-state index contributed by atoms with van der Waals surface area (Å²) in [6.07, 6.45) is 2.96. The molecule has 0 spiro atoms. The van der Waals surface area contributed by atoms with E-state index in [2.05, 4.69) is 0 Å². The fourth-order valence-electron chi connectivity index (χ4n) is 1.85. The SMILES string of the molecule is CN(Cc1ccoc1)S(=O)(=O)Cc1cccc(C(=O)O)c1. The molecule has 0 amide bonds. The first-order chi connectivity index (χ1) is 9.88. The summed E-state index contributed by atoms with van der Waals surface area (Å²) in [6.45, 7) is 0.206. The van der Waals surface area contributed by atoms with Crippen molar-refractivity contribution in [3.05, 3.63) is 59.5 Å². The molecule has 0 bridgehead atoms. The van der Waals surface area contributed by atoms with E-state index in [1.807, 2.05) is 0 Å². The van der Waals surface area contributed by atoms with E-state index in [1.54, 1.807) is 12.1 Å². The molecule has 0 unspecified atom stereocenters. The molecule has 1 heterocycles. The molecule has 7 heteroatoms. The average molecular weight is 309 g/mol. The van der Waals surface area contributed by atoms with E-state index in [0.29, 0.717) is 5.56 Å². The van der Waals surface area contributed by atoms with Gasteiger partial charge in [-0.1, -0.05) is 12.1 Å². The summed E-state index contributed by atoms with van der Waals surface area (Å²) in [4.78, 5) is 10.9. The number of aromatic carboxylic acids is 1. The number of furan rings is 1. The number of carbonyl (C=O) groups is 1. The van der Waals surface area contributed by atoms with Gasteiger partial charge in [-0.15, -0.1) is 0 Å². The lowest BCUT2D eigenvalue weighted by atomic mass is 10.1. The van der Waals surface area contributed by atoms with Crippen molar-refractivity contribution in [2.75, 3.05) is 7.05 Å². The molecule has 0 fully saturated rings. The fourth-order valence-corrected chi connectivity index (χ4v) is 3.02. The molecular weight excluding hydrogens is 294 g/mol. The van der Waals surface area contributed by atoms with E-state index in [-0.39, 0.29) is 17.9 Å². The molecular formula is C14H15NO5S. The van der Waals surface area contributed by atoms with Crippen molar-refractivity contribution in [2.45, 2.75) is 12.3 Å². The Bertz CT molecular complexity index is 722. The van der Waals surface area contributed by atoms with Crippen LogP contribution in [0, 0.1) is 0 Å². The lowest BCUT2D eigenvalue weighted by Crippen LogP contribution is -2.27. The molecule has 0 aliphatic rings. The molecule has 21 heavy (non-hydrogen) atoms. The van der Waals surface area contributed by atoms with E-state index >= 15 is 0 Å². The van der Waals surface area contributed by atoms with Crippen LogP contribution in [-0.2, 0) is 22.3 Å². The van der Waals surface area contributed by atoms with Gasteiger partial charge in [0.25, 0.3) is 0 Å². The number of rotatable bonds is 6. The number of hydrogen-bond donors (Lipinski definition) is 1. The van der Waals surface area contributed by atoms with Gasteiger partial charge in [0.05, 0.1) is 23.8 Å². The molecule has 1 N–H and O–H groups in total. The van der Waals surface area contributed by atoms with Crippen LogP contribution in [0.25, 0.3) is 0 Å². The van der Waals surface area contributed by atoms with Crippen molar-refractivity contribution in [3.8, 4) is 0 Å². The molecule has 112 valence electrons. The van der Waals surface area contributed by atoms with Gasteiger partial charge in [-0.3, -0.25) is 0 Å². The van der Waals surface area contributed by atoms with Gasteiger partial charge in [-0.2, -0.15) is 0 Å². The van der Waals surface area contributed by atoms with Crippen LogP contribution in [0.3, 0.4) is 0 Å². The number of carboxylic acids is 1. The zero-order valence-electron chi connectivity index (χ0n) is 11.4. The minimum atomic E-state index is -3.53. The molecule has 1 aromatic carbocycles. The zero-order valence-corrected chi connectivity index (χ0v) is 12.2. The molecule has 2 rings (SSSR count). The van der Waals surface area contributed by atoms with Crippen molar-refractivity contribution in [2.24, 2.45) is 0 Å². The minimum absolute atomic E-state index is 0.0696. The van der Waals surface area contributed by atoms with Gasteiger partial charge in [-0.05, 0) is 23.8 Å². The largest absolute Gasteiger partial charge is 0.478 e. The molecule has 0 aliphatic heterocycles. The van der Waals surface area contributed by atoms with Gasteiger partial charge in [0, 0.05) is 19.2 Å². The standard InChI is InChI=1S/C14H15NO5S/c1-15(8-12-5-6-20-9-12)21(18,19)10-11-3-2-4-13(7-11)14(16)17/h2-7,9H,8,10H2,1H3,(H,16,17). The number of carboxylic acid groups (broad SMARTS) is 1. The topological polar surface area (TPSA) is 87.8 Å². The number of sulfonamides is 1. The summed E-state index contributed by atoms with van der Waals surface area (Å²) in [6, 6.07) is 7.61. The Hall–Kier alpha value is -2.12. The van der Waals surface area contributed by atoms with Crippen molar-refractivity contribution in [1.29, 1.82) is 0 Å². The van der Waals surface area contributed by atoms with Crippen molar-refractivity contribution < 1.29 is 22.7 Å². The summed E-state index contributed by atoms with van der Waals surface area (Å²) in [5.74, 6) is -1.33. The molecule has 0 radical (unpaired) electrons. The molecule has 6 nitrogen and oxygen atoms in total. The molecule has 0 atom stereocenters. The molecule has 2 aromatic rings. The third-order valence-electron chi connectivity index (χ3n) is 2.98. The van der Waals surface area contributed by atoms with Crippen molar-refractivity contribution in [3.63, 3.8) is 0 Å². The van der Waals surface area contributed by atoms with Crippen LogP contribution in [-0.4, -0.2) is 30.8 Å². The van der Waals surface area contributed by atoms with Gasteiger partial charge >= 0.3 is 5.97 Å². The lowest BCUT2D eigenvalue weighted by molar-refractivity contribution is 0.0696. The number of benzene rings is 1. The van der Waals surface area contributed by atoms with E-state index in [9.17, 15) is 13.2 Å². The van der Waals surface area contributed by atoms with Crippen LogP contribution >= 0.6 is 0 Å². The Morgan fingerprint density at radius 3 is 2.67 bits per heavy atom. The normalized spacial score (nSPS) is 11.7. The number of hydrogen-bond acceptors (Lipinski definition) is 4. The maximum atomic E-state index is 12.3. The first kappa shape index (κ1) is 15.3. The Labute approximate surface area is 122 Å². The Balaban J connectivity index is 2.13. The van der Waals surface area contributed by atoms with Crippen LogP contribution in [0.15, 0.2) is 47.3 Å². The predicted molar refractivity (Wildman–Crippen MR) is 76.2 cm³/mol. The summed E-state index contributed by atoms with van der Waals surface area (Å²) in [5, 5.41) is 8.92. The van der Waals surface area contributed by atoms with Crippen LogP contribution in [0.1, 0.15) is 21.5 Å². The summed E-state index contributed by atoms with van der Waals surface area (Å²) in [5.41, 5.74) is 1.26. The minimum Gasteiger partial charge on any atom is -0.478 e. The van der Waals surface area contributed by atoms with Gasteiger partial charge in [0.1, 0.15) is 0 Å². The highest BCUT2D eigenvalue weighted by Gasteiger charge is 2.19. The van der Waals surface area contributed by atoms with Crippen LogP contribution < -0.4 is 0 Å². The summed E-state index contributed by atoms with van der Waals surface area (Å²) in [7, 11) is -2.06. The highest BCUT2D eigenvalue weighted by molar-refractivity contribution is 7.88. The smallest absolute Gasteiger partial charge is 0.335 e. The summed E-state index contributed by atoms with van der Waals surface area (Å²) < 4.78 is 30.6. The maximum absolute atomic E-state index is 12.3. The fraction of sp³-hybridized carbons (Fsp3) is 0.214. The quantitative estimate of drug-likeness (QED) is 0.881. The van der Waals surface area contributed by atoms with Gasteiger partial charge in [-0.25, -0.2) is 17.5 Å². The van der Waals surface area contributed by atoms with Gasteiger partial charge < -0.3 is 9.52 Å². The Morgan fingerprint density at radius 1 is 1.29 bits per heavy atom. The molecule has 0 aliphatic carbocycles. The zero-order chi connectivity index (χ0) is 15.5. The highest BCUT2D eigenvalue weighted by atomic mass is 32.2. The van der Waals surface area contributed by atoms with Crippen LogP contribution in [0.4, 0.5) is 0 Å². The first-order valence-electron chi connectivity index (χ1n) is 6.16. The third kappa shape index (κ3) is 3.93. The lowest BCUT2D eigenvalue weighted by Gasteiger charge is -2.16. The van der Waals surface area contributed by atoms with E-state index in [0.717, 1.165) is 5.56 Å². The van der Waals surface area contributed by atoms with E-state index < -0.39 is 16.0 Å². The van der Waals surface area contributed by atoms with Crippen LogP contribution in [0.2, 0.25) is 0 Å². The third-order valence-corrected chi connectivity index (χ3v) is 4.76. The summed E-state index contributed by atoms with van der Waals surface area (Å²) >= 11 is 0. The Morgan fingerprint density at radius 2 is 2.05 bits per heavy atom. The van der Waals surface area contributed by atoms with Crippen LogP contribution in [0.5, 0.6) is 0 Å². The van der Waals surface area contributed by atoms with Crippen molar-refractivity contribution >= 4 is 16.0 Å². The second-order valence-corrected chi connectivity index (χ2v) is 6.73. The number of nitrogens with zero attached hydrogens (tertiary/aromatic N) is 1. The molecule has 1 aromatic heterocycles. The maximum Gasteiger partial charge on any atom is 0.335 e. The highest BCUT2D eigenvalue weighted by Crippen LogP contribution is 2.14. The Kier molecular flexibility index (Phi) is 4.44. The van der Waals surface area contributed by atoms with E-state index in [4.69, 9.17) is 9.52 Å². The van der Waals surface area contributed by atoms with Crippen molar-refractivity contribution in [1.82, 2.24) is 4.31 Å². The predicted octanol–water partition coefficient (Wildman–Crippen LogP) is 1.94. The molecule has 0 saturated heterocycles. The second-order valence-electron chi connectivity index (χ2n) is 4.65. The monoisotopic (exact) mass is 309 g/mol. The van der Waals surface area contributed by atoms with Gasteiger partial charge in [0.15, 0.2) is 0 Å². The second kappa shape index (κ2) is 6.11.